The summed E-state index contributed by atoms with van der Waals surface area (Å²) in [6.07, 6.45) is 1.00. The Bertz CT molecular complexity index is 155. The Morgan fingerprint density at radius 3 is 3.00 bits per heavy atom. The lowest BCUT2D eigenvalue weighted by atomic mass is 10.1. The monoisotopic (exact) mass is 141 g/mol. The fourth-order valence-electron chi connectivity index (χ4n) is 0.781. The van der Waals surface area contributed by atoms with Crippen LogP contribution in [-0.4, -0.2) is 6.04 Å². The number of hydrogen-bond acceptors (Lipinski definition) is 2. The van der Waals surface area contributed by atoms with Gasteiger partial charge >= 0.3 is 0 Å². The van der Waals surface area contributed by atoms with Gasteiger partial charge in [-0.25, -0.2) is 0 Å². The van der Waals surface area contributed by atoms with Gasteiger partial charge in [-0.3, -0.25) is 0 Å². The molecule has 0 spiro atoms. The molecular formula is C7H11NS. The van der Waals surface area contributed by atoms with Crippen molar-refractivity contribution >= 4 is 11.3 Å². The largest absolute Gasteiger partial charge is 0.328 e. The van der Waals surface area contributed by atoms with Crippen molar-refractivity contribution in [2.45, 2.75) is 19.4 Å². The van der Waals surface area contributed by atoms with Gasteiger partial charge in [-0.2, -0.15) is 11.3 Å². The first-order chi connectivity index (χ1) is 4.29. The summed E-state index contributed by atoms with van der Waals surface area (Å²) in [5.41, 5.74) is 6.94. The SMILES string of the molecule is C[C@H](N)Cc1ccsc1. The summed E-state index contributed by atoms with van der Waals surface area (Å²) < 4.78 is 0. The van der Waals surface area contributed by atoms with Gasteiger partial charge < -0.3 is 5.73 Å². The minimum atomic E-state index is 0.291. The highest BCUT2D eigenvalue weighted by Crippen LogP contribution is 2.07. The lowest BCUT2D eigenvalue weighted by molar-refractivity contribution is 0.740. The van der Waals surface area contributed by atoms with Gasteiger partial charge in [-0.05, 0) is 35.7 Å². The number of nitrogens with two attached hydrogens (primary N) is 1. The molecule has 0 saturated heterocycles. The van der Waals surface area contributed by atoms with Crippen LogP contribution in [0.25, 0.3) is 0 Å². The normalized spacial score (nSPS) is 13.6. The van der Waals surface area contributed by atoms with E-state index in [-0.39, 0.29) is 0 Å². The summed E-state index contributed by atoms with van der Waals surface area (Å²) in [5.74, 6) is 0. The Morgan fingerprint density at radius 2 is 2.56 bits per heavy atom. The molecule has 0 unspecified atom stereocenters. The molecule has 1 atom stereocenters. The van der Waals surface area contributed by atoms with Crippen molar-refractivity contribution in [2.24, 2.45) is 5.73 Å². The maximum atomic E-state index is 5.59. The first-order valence-electron chi connectivity index (χ1n) is 3.05. The Hall–Kier alpha value is -0.340. The maximum absolute atomic E-state index is 5.59. The predicted molar refractivity (Wildman–Crippen MR) is 41.7 cm³/mol. The van der Waals surface area contributed by atoms with E-state index >= 15 is 0 Å². The predicted octanol–water partition coefficient (Wildman–Crippen LogP) is 1.64. The minimum Gasteiger partial charge on any atom is -0.328 e. The summed E-state index contributed by atoms with van der Waals surface area (Å²) >= 11 is 1.73. The Balaban J connectivity index is 2.48. The first-order valence-corrected chi connectivity index (χ1v) is 4.00. The molecule has 2 heteroatoms. The lowest BCUT2D eigenvalue weighted by Gasteiger charge is -1.99. The van der Waals surface area contributed by atoms with Crippen LogP contribution in [0.1, 0.15) is 12.5 Å². The third kappa shape index (κ3) is 2.16. The molecule has 50 valence electrons. The lowest BCUT2D eigenvalue weighted by Crippen LogP contribution is -2.17. The van der Waals surface area contributed by atoms with E-state index in [2.05, 4.69) is 16.8 Å². The van der Waals surface area contributed by atoms with Gasteiger partial charge in [0.2, 0.25) is 0 Å². The van der Waals surface area contributed by atoms with E-state index in [1.165, 1.54) is 5.56 Å². The van der Waals surface area contributed by atoms with E-state index in [4.69, 9.17) is 5.73 Å². The van der Waals surface area contributed by atoms with Crippen LogP contribution in [-0.2, 0) is 6.42 Å². The second-order valence-corrected chi connectivity index (χ2v) is 3.09. The molecule has 0 aliphatic rings. The Kier molecular flexibility index (Phi) is 2.25. The van der Waals surface area contributed by atoms with E-state index < -0.39 is 0 Å². The third-order valence-corrected chi connectivity index (χ3v) is 1.87. The van der Waals surface area contributed by atoms with Gasteiger partial charge in [0, 0.05) is 6.04 Å². The molecule has 0 amide bonds. The van der Waals surface area contributed by atoms with E-state index in [0.717, 1.165) is 6.42 Å². The highest BCUT2D eigenvalue weighted by Gasteiger charge is 1.95. The van der Waals surface area contributed by atoms with Gasteiger partial charge in [0.25, 0.3) is 0 Å². The second-order valence-electron chi connectivity index (χ2n) is 2.31. The number of hydrogen-bond donors (Lipinski definition) is 1. The summed E-state index contributed by atoms with van der Waals surface area (Å²) in [6.45, 7) is 2.03. The summed E-state index contributed by atoms with van der Waals surface area (Å²) in [4.78, 5) is 0. The van der Waals surface area contributed by atoms with E-state index in [9.17, 15) is 0 Å². The van der Waals surface area contributed by atoms with Crippen LogP contribution < -0.4 is 5.73 Å². The third-order valence-electron chi connectivity index (χ3n) is 1.14. The smallest absolute Gasteiger partial charge is 0.00512 e. The molecule has 9 heavy (non-hydrogen) atoms. The van der Waals surface area contributed by atoms with Crippen LogP contribution in [0.2, 0.25) is 0 Å². The fraction of sp³-hybridized carbons (Fsp3) is 0.429. The zero-order valence-electron chi connectivity index (χ0n) is 5.50. The van der Waals surface area contributed by atoms with Gasteiger partial charge in [-0.15, -0.1) is 0 Å². The highest BCUT2D eigenvalue weighted by atomic mass is 32.1. The average molecular weight is 141 g/mol. The van der Waals surface area contributed by atoms with Gasteiger partial charge in [0.1, 0.15) is 0 Å². The zero-order chi connectivity index (χ0) is 6.69. The first kappa shape index (κ1) is 6.78. The van der Waals surface area contributed by atoms with Crippen LogP contribution in [0.5, 0.6) is 0 Å². The average Bonchev–Trinajstić information content (AvgIpc) is 2.15. The van der Waals surface area contributed by atoms with Crippen molar-refractivity contribution in [3.63, 3.8) is 0 Å². The number of rotatable bonds is 2. The van der Waals surface area contributed by atoms with Crippen molar-refractivity contribution in [2.75, 3.05) is 0 Å². The standard InChI is InChI=1S/C7H11NS/c1-6(8)4-7-2-3-9-5-7/h2-3,5-6H,4,8H2,1H3/t6-/m0/s1. The van der Waals surface area contributed by atoms with E-state index in [1.54, 1.807) is 11.3 Å². The molecule has 1 heterocycles. The fourth-order valence-corrected chi connectivity index (χ4v) is 1.46. The minimum absolute atomic E-state index is 0.291. The van der Waals surface area contributed by atoms with E-state index in [1.807, 2.05) is 6.92 Å². The summed E-state index contributed by atoms with van der Waals surface area (Å²) in [7, 11) is 0. The topological polar surface area (TPSA) is 26.0 Å². The molecule has 1 aromatic heterocycles. The molecule has 1 aromatic rings. The van der Waals surface area contributed by atoms with E-state index in [0.29, 0.717) is 6.04 Å². The second kappa shape index (κ2) is 2.99. The van der Waals surface area contributed by atoms with Crippen molar-refractivity contribution in [1.29, 1.82) is 0 Å². The van der Waals surface area contributed by atoms with Crippen LogP contribution >= 0.6 is 11.3 Å². The van der Waals surface area contributed by atoms with Crippen LogP contribution in [0.15, 0.2) is 16.8 Å². The molecule has 1 nitrogen and oxygen atoms in total. The molecule has 0 aliphatic carbocycles. The molecular weight excluding hydrogens is 130 g/mol. The van der Waals surface area contributed by atoms with Crippen molar-refractivity contribution in [3.8, 4) is 0 Å². The molecule has 0 bridgehead atoms. The number of thiophene rings is 1. The summed E-state index contributed by atoms with van der Waals surface area (Å²) in [5, 5.41) is 4.22. The van der Waals surface area contributed by atoms with Crippen molar-refractivity contribution < 1.29 is 0 Å². The van der Waals surface area contributed by atoms with Gasteiger partial charge in [-0.1, -0.05) is 0 Å². The Morgan fingerprint density at radius 1 is 1.78 bits per heavy atom. The molecule has 0 aromatic carbocycles. The Labute approximate surface area is 59.5 Å². The molecule has 0 radical (unpaired) electrons. The molecule has 0 fully saturated rings. The van der Waals surface area contributed by atoms with Crippen LogP contribution in [0, 0.1) is 0 Å². The van der Waals surface area contributed by atoms with Crippen molar-refractivity contribution in [1.82, 2.24) is 0 Å². The quantitative estimate of drug-likeness (QED) is 0.665. The molecule has 0 saturated carbocycles. The van der Waals surface area contributed by atoms with Crippen LogP contribution in [0.4, 0.5) is 0 Å². The molecule has 1 rings (SSSR count). The maximum Gasteiger partial charge on any atom is 0.00512 e. The van der Waals surface area contributed by atoms with Crippen molar-refractivity contribution in [3.05, 3.63) is 22.4 Å². The van der Waals surface area contributed by atoms with Crippen LogP contribution in [0.3, 0.4) is 0 Å². The zero-order valence-corrected chi connectivity index (χ0v) is 6.32. The molecule has 0 aliphatic heterocycles. The van der Waals surface area contributed by atoms with Gasteiger partial charge in [0.05, 0.1) is 0 Å². The summed E-state index contributed by atoms with van der Waals surface area (Å²) in [6, 6.07) is 2.41. The molecule has 2 N–H and O–H groups in total. The van der Waals surface area contributed by atoms with Gasteiger partial charge in [0.15, 0.2) is 0 Å². The highest BCUT2D eigenvalue weighted by molar-refractivity contribution is 7.07.